The lowest BCUT2D eigenvalue weighted by molar-refractivity contribution is -0.384. The maximum Gasteiger partial charge on any atom is 0.271 e. The van der Waals surface area contributed by atoms with Crippen LogP contribution in [-0.2, 0) is 11.3 Å². The molecule has 1 aliphatic heterocycles. The molecule has 158 valence electrons. The molecule has 0 aromatic heterocycles. The third-order valence-corrected chi connectivity index (χ3v) is 5.24. The average molecular weight is 414 g/mol. The van der Waals surface area contributed by atoms with Gasteiger partial charge in [0, 0.05) is 31.3 Å². The highest BCUT2D eigenvalue weighted by molar-refractivity contribution is 5.58. The maximum absolute atomic E-state index is 13.2. The standard InChI is InChI=1S/C21H23FN4O4/c1-14-10-24(13-30-21-8-7-18(26(28)29)9-19(21)23)15(2)20(12-27)25(14)11-16-3-5-17(22)6-4-16/h3-9,14-15H,10-11,13,23H2,1-2H3/t14-,15+/m1/s1. The highest BCUT2D eigenvalue weighted by Crippen LogP contribution is 2.29. The number of nitrogen functional groups attached to an aromatic ring is 1. The van der Waals surface area contributed by atoms with Gasteiger partial charge >= 0.3 is 0 Å². The van der Waals surface area contributed by atoms with Gasteiger partial charge < -0.3 is 15.4 Å². The topological polar surface area (TPSA) is 102 Å². The Morgan fingerprint density at radius 1 is 1.27 bits per heavy atom. The molecule has 1 aliphatic rings. The molecule has 0 aliphatic carbocycles. The zero-order chi connectivity index (χ0) is 21.8. The van der Waals surface area contributed by atoms with Gasteiger partial charge in [-0.2, -0.15) is 0 Å². The Balaban J connectivity index is 1.69. The van der Waals surface area contributed by atoms with Gasteiger partial charge in [0.25, 0.3) is 5.69 Å². The molecule has 9 heteroatoms. The zero-order valence-corrected chi connectivity index (χ0v) is 16.7. The number of ether oxygens (including phenoxy) is 1. The molecule has 30 heavy (non-hydrogen) atoms. The lowest BCUT2D eigenvalue weighted by Gasteiger charge is -2.45. The van der Waals surface area contributed by atoms with Crippen LogP contribution in [0.3, 0.4) is 0 Å². The molecule has 1 heterocycles. The molecule has 2 aromatic carbocycles. The summed E-state index contributed by atoms with van der Waals surface area (Å²) in [5.74, 6) is 2.08. The number of nitrogens with two attached hydrogens (primary N) is 1. The number of nitro benzene ring substituents is 1. The fourth-order valence-electron chi connectivity index (χ4n) is 3.52. The number of benzene rings is 2. The zero-order valence-electron chi connectivity index (χ0n) is 16.7. The van der Waals surface area contributed by atoms with E-state index in [-0.39, 0.29) is 36.0 Å². The molecule has 2 N–H and O–H groups in total. The molecule has 8 nitrogen and oxygen atoms in total. The van der Waals surface area contributed by atoms with E-state index < -0.39 is 4.92 Å². The Kier molecular flexibility index (Phi) is 6.34. The van der Waals surface area contributed by atoms with Gasteiger partial charge in [-0.15, -0.1) is 0 Å². The Morgan fingerprint density at radius 3 is 2.57 bits per heavy atom. The van der Waals surface area contributed by atoms with Gasteiger partial charge in [-0.1, -0.05) is 12.1 Å². The molecule has 0 amide bonds. The number of nitrogens with zero attached hydrogens (tertiary/aromatic N) is 3. The minimum Gasteiger partial charge on any atom is -0.476 e. The van der Waals surface area contributed by atoms with Crippen LogP contribution in [0.5, 0.6) is 5.75 Å². The van der Waals surface area contributed by atoms with E-state index in [9.17, 15) is 19.3 Å². The molecule has 0 spiro atoms. The summed E-state index contributed by atoms with van der Waals surface area (Å²) in [6.45, 7) is 5.11. The van der Waals surface area contributed by atoms with Gasteiger partial charge in [-0.05, 0) is 37.6 Å². The SMILES string of the molecule is C[C@@H]1CN(COc2ccc([N+](=O)[O-])cc2N)[C@@H](C)C(=C=O)N1Cc1ccc(F)cc1. The van der Waals surface area contributed by atoms with Crippen molar-refractivity contribution in [2.75, 3.05) is 19.0 Å². The van der Waals surface area contributed by atoms with Crippen molar-refractivity contribution in [2.24, 2.45) is 0 Å². The number of piperazine rings is 1. The summed E-state index contributed by atoms with van der Waals surface area (Å²) in [5.41, 5.74) is 7.30. The highest BCUT2D eigenvalue weighted by atomic mass is 19.1. The van der Waals surface area contributed by atoms with E-state index >= 15 is 0 Å². The van der Waals surface area contributed by atoms with Gasteiger partial charge in [0.05, 0.1) is 16.7 Å². The van der Waals surface area contributed by atoms with Gasteiger partial charge in [0.2, 0.25) is 0 Å². The van der Waals surface area contributed by atoms with Gasteiger partial charge in [0.15, 0.2) is 0 Å². The Hall–Kier alpha value is -3.42. The normalized spacial score (nSPS) is 19.4. The summed E-state index contributed by atoms with van der Waals surface area (Å²) in [4.78, 5) is 26.0. The van der Waals surface area contributed by atoms with Crippen molar-refractivity contribution in [3.63, 3.8) is 0 Å². The monoisotopic (exact) mass is 414 g/mol. The second-order valence-corrected chi connectivity index (χ2v) is 7.29. The fraction of sp³-hybridized carbons (Fsp3) is 0.333. The lowest BCUT2D eigenvalue weighted by atomic mass is 10.0. The number of non-ortho nitro benzene ring substituents is 1. The highest BCUT2D eigenvalue weighted by Gasteiger charge is 2.34. The Morgan fingerprint density at radius 2 is 1.97 bits per heavy atom. The molecule has 2 atom stereocenters. The van der Waals surface area contributed by atoms with E-state index in [1.807, 2.05) is 29.6 Å². The number of carbonyl (C=O) groups excluding carboxylic acids is 1. The van der Waals surface area contributed by atoms with Crippen molar-refractivity contribution >= 4 is 17.3 Å². The van der Waals surface area contributed by atoms with Gasteiger partial charge in [0.1, 0.15) is 29.9 Å². The summed E-state index contributed by atoms with van der Waals surface area (Å²) in [7, 11) is 0. The fourth-order valence-corrected chi connectivity index (χ4v) is 3.52. The van der Waals surface area contributed by atoms with Gasteiger partial charge in [-0.25, -0.2) is 9.18 Å². The van der Waals surface area contributed by atoms with Crippen LogP contribution in [0, 0.1) is 15.9 Å². The summed E-state index contributed by atoms with van der Waals surface area (Å²) in [5, 5.41) is 10.8. The molecule has 0 bridgehead atoms. The lowest BCUT2D eigenvalue weighted by Crippen LogP contribution is -2.55. The van der Waals surface area contributed by atoms with Crippen molar-refractivity contribution in [3.8, 4) is 5.75 Å². The smallest absolute Gasteiger partial charge is 0.271 e. The van der Waals surface area contributed by atoms with E-state index in [2.05, 4.69) is 0 Å². The Bertz CT molecular complexity index is 975. The first-order valence-corrected chi connectivity index (χ1v) is 9.47. The van der Waals surface area contributed by atoms with Crippen molar-refractivity contribution in [1.29, 1.82) is 0 Å². The van der Waals surface area contributed by atoms with Crippen LogP contribution >= 0.6 is 0 Å². The summed E-state index contributed by atoms with van der Waals surface area (Å²) in [6, 6.07) is 9.94. The van der Waals surface area contributed by atoms with Crippen LogP contribution in [0.15, 0.2) is 48.2 Å². The first-order chi connectivity index (χ1) is 14.3. The predicted octanol–water partition coefficient (Wildman–Crippen LogP) is 2.96. The largest absolute Gasteiger partial charge is 0.476 e. The molecule has 2 aromatic rings. The summed E-state index contributed by atoms with van der Waals surface area (Å²) >= 11 is 0. The molecule has 1 fully saturated rings. The number of hydrogen-bond donors (Lipinski definition) is 1. The number of hydrogen-bond acceptors (Lipinski definition) is 7. The minimum absolute atomic E-state index is 0.0134. The minimum atomic E-state index is -0.522. The third-order valence-electron chi connectivity index (χ3n) is 5.24. The van der Waals surface area contributed by atoms with Crippen LogP contribution in [0.1, 0.15) is 19.4 Å². The van der Waals surface area contributed by atoms with Crippen LogP contribution < -0.4 is 10.5 Å². The van der Waals surface area contributed by atoms with Crippen molar-refractivity contribution < 1.29 is 18.8 Å². The van der Waals surface area contributed by atoms with Gasteiger partial charge in [-0.3, -0.25) is 15.0 Å². The van der Waals surface area contributed by atoms with E-state index in [1.165, 1.54) is 30.3 Å². The van der Waals surface area contributed by atoms with E-state index in [1.54, 1.807) is 12.1 Å². The van der Waals surface area contributed by atoms with Crippen molar-refractivity contribution in [3.05, 3.63) is 69.7 Å². The molecular formula is C21H23FN4O4. The predicted molar refractivity (Wildman–Crippen MR) is 110 cm³/mol. The average Bonchev–Trinajstić information content (AvgIpc) is 2.71. The number of rotatable bonds is 6. The van der Waals surface area contributed by atoms with Crippen LogP contribution in [0.2, 0.25) is 0 Å². The second kappa shape index (κ2) is 8.94. The Labute approximate surface area is 173 Å². The van der Waals surface area contributed by atoms with Crippen molar-refractivity contribution in [1.82, 2.24) is 9.80 Å². The molecular weight excluding hydrogens is 391 g/mol. The molecule has 3 rings (SSSR count). The first-order valence-electron chi connectivity index (χ1n) is 9.47. The maximum atomic E-state index is 13.2. The molecule has 1 saturated heterocycles. The number of nitro groups is 1. The first kappa shape index (κ1) is 21.3. The number of halogens is 1. The van der Waals surface area contributed by atoms with Crippen LogP contribution in [0.25, 0.3) is 0 Å². The van der Waals surface area contributed by atoms with E-state index in [4.69, 9.17) is 10.5 Å². The molecule has 0 unspecified atom stereocenters. The number of anilines is 1. The van der Waals surface area contributed by atoms with Crippen LogP contribution in [0.4, 0.5) is 15.8 Å². The summed E-state index contributed by atoms with van der Waals surface area (Å²) in [6.07, 6.45) is 0. The van der Waals surface area contributed by atoms with E-state index in [0.717, 1.165) is 5.56 Å². The summed E-state index contributed by atoms with van der Waals surface area (Å²) < 4.78 is 18.9. The van der Waals surface area contributed by atoms with E-state index in [0.29, 0.717) is 24.5 Å². The molecule has 0 saturated carbocycles. The molecule has 0 radical (unpaired) electrons. The quantitative estimate of drug-likeness (QED) is 0.336. The second-order valence-electron chi connectivity index (χ2n) is 7.29. The van der Waals surface area contributed by atoms with Crippen molar-refractivity contribution in [2.45, 2.75) is 32.5 Å². The third kappa shape index (κ3) is 4.59. The van der Waals surface area contributed by atoms with Crippen LogP contribution in [-0.4, -0.2) is 46.0 Å².